The molecule has 0 aliphatic rings. The Hall–Kier alpha value is -1.65. The summed E-state index contributed by atoms with van der Waals surface area (Å²) < 4.78 is 0. The molecule has 0 spiro atoms. The summed E-state index contributed by atoms with van der Waals surface area (Å²) in [4.78, 5) is 8.54. The molecular weight excluding hydrogens is 250 g/mol. The van der Waals surface area contributed by atoms with Gasteiger partial charge in [0.1, 0.15) is 11.0 Å². The van der Waals surface area contributed by atoms with E-state index in [2.05, 4.69) is 15.3 Å². The number of nitrogens with one attached hydrogen (secondary N) is 1. The first kappa shape index (κ1) is 12.8. The number of benzene rings is 1. The second kappa shape index (κ2) is 5.80. The van der Waals surface area contributed by atoms with E-state index in [9.17, 15) is 5.11 Å². The van der Waals surface area contributed by atoms with E-state index in [0.29, 0.717) is 23.3 Å². The third kappa shape index (κ3) is 3.42. The summed E-state index contributed by atoms with van der Waals surface area (Å²) in [5.74, 6) is 1.17. The number of aliphatic hydroxyl groups is 1. The molecule has 1 heterocycles. The van der Waals surface area contributed by atoms with Crippen molar-refractivity contribution in [3.05, 3.63) is 41.6 Å². The third-order valence-corrected chi connectivity index (χ3v) is 2.50. The number of aromatic nitrogens is 2. The SMILES string of the molecule is CC(O)CNc1cc(Cl)nc(-c2ccccc2)n1. The molecule has 1 atom stereocenters. The highest BCUT2D eigenvalue weighted by Crippen LogP contribution is 2.19. The van der Waals surface area contributed by atoms with Crippen LogP contribution < -0.4 is 5.32 Å². The van der Waals surface area contributed by atoms with Crippen LogP contribution in [0.3, 0.4) is 0 Å². The minimum absolute atomic E-state index is 0.372. The van der Waals surface area contributed by atoms with Crippen LogP contribution in [-0.4, -0.2) is 27.7 Å². The molecule has 2 N–H and O–H groups in total. The Morgan fingerprint density at radius 1 is 1.28 bits per heavy atom. The number of rotatable bonds is 4. The van der Waals surface area contributed by atoms with E-state index in [1.54, 1.807) is 13.0 Å². The van der Waals surface area contributed by atoms with Gasteiger partial charge in [0.15, 0.2) is 5.82 Å². The smallest absolute Gasteiger partial charge is 0.163 e. The molecule has 0 saturated carbocycles. The average Bonchev–Trinajstić information content (AvgIpc) is 2.37. The minimum Gasteiger partial charge on any atom is -0.392 e. The Kier molecular flexibility index (Phi) is 4.12. The Bertz CT molecular complexity index is 517. The molecule has 2 rings (SSSR count). The van der Waals surface area contributed by atoms with Gasteiger partial charge in [0.25, 0.3) is 0 Å². The van der Waals surface area contributed by atoms with E-state index in [1.807, 2.05) is 30.3 Å². The monoisotopic (exact) mass is 263 g/mol. The quantitative estimate of drug-likeness (QED) is 0.833. The van der Waals surface area contributed by atoms with Crippen molar-refractivity contribution in [2.24, 2.45) is 0 Å². The predicted molar refractivity (Wildman–Crippen MR) is 72.6 cm³/mol. The normalized spacial score (nSPS) is 12.2. The van der Waals surface area contributed by atoms with E-state index in [-0.39, 0.29) is 0 Å². The van der Waals surface area contributed by atoms with Gasteiger partial charge < -0.3 is 10.4 Å². The lowest BCUT2D eigenvalue weighted by atomic mass is 10.2. The van der Waals surface area contributed by atoms with Gasteiger partial charge in [-0.2, -0.15) is 0 Å². The summed E-state index contributed by atoms with van der Waals surface area (Å²) in [6.45, 7) is 2.12. The molecule has 1 aromatic heterocycles. The standard InChI is InChI=1S/C13H14ClN3O/c1-9(18)8-15-12-7-11(14)16-13(17-12)10-5-3-2-4-6-10/h2-7,9,18H,8H2,1H3,(H,15,16,17). The van der Waals surface area contributed by atoms with Gasteiger partial charge in [-0.1, -0.05) is 41.9 Å². The summed E-state index contributed by atoms with van der Waals surface area (Å²) in [5, 5.41) is 12.6. The van der Waals surface area contributed by atoms with E-state index >= 15 is 0 Å². The fourth-order valence-corrected chi connectivity index (χ4v) is 1.66. The van der Waals surface area contributed by atoms with Gasteiger partial charge in [0.2, 0.25) is 0 Å². The first-order chi connectivity index (χ1) is 8.65. The lowest BCUT2D eigenvalue weighted by molar-refractivity contribution is 0.208. The van der Waals surface area contributed by atoms with Crippen LogP contribution in [0.5, 0.6) is 0 Å². The van der Waals surface area contributed by atoms with Crippen LogP contribution in [0.1, 0.15) is 6.92 Å². The van der Waals surface area contributed by atoms with Crippen molar-refractivity contribution in [3.8, 4) is 11.4 Å². The Morgan fingerprint density at radius 3 is 2.67 bits per heavy atom. The van der Waals surface area contributed by atoms with Crippen molar-refractivity contribution >= 4 is 17.4 Å². The van der Waals surface area contributed by atoms with Crippen LogP contribution in [0, 0.1) is 0 Å². The molecule has 0 amide bonds. The third-order valence-electron chi connectivity index (χ3n) is 2.31. The second-order valence-corrected chi connectivity index (χ2v) is 4.38. The maximum absolute atomic E-state index is 9.23. The van der Waals surface area contributed by atoms with Crippen LogP contribution in [0.4, 0.5) is 5.82 Å². The van der Waals surface area contributed by atoms with Crippen molar-refractivity contribution in [1.82, 2.24) is 9.97 Å². The van der Waals surface area contributed by atoms with Gasteiger partial charge in [0, 0.05) is 18.2 Å². The van der Waals surface area contributed by atoms with Gasteiger partial charge >= 0.3 is 0 Å². The fourth-order valence-electron chi connectivity index (χ4n) is 1.48. The summed E-state index contributed by atoms with van der Waals surface area (Å²) in [7, 11) is 0. The number of hydrogen-bond acceptors (Lipinski definition) is 4. The molecule has 5 heteroatoms. The van der Waals surface area contributed by atoms with Gasteiger partial charge in [-0.3, -0.25) is 0 Å². The van der Waals surface area contributed by atoms with Crippen LogP contribution >= 0.6 is 11.6 Å². The van der Waals surface area contributed by atoms with Crippen LogP contribution in [0.2, 0.25) is 5.15 Å². The molecule has 0 radical (unpaired) electrons. The molecule has 0 aliphatic carbocycles. The number of nitrogens with zero attached hydrogens (tertiary/aromatic N) is 2. The van der Waals surface area contributed by atoms with E-state index in [0.717, 1.165) is 5.56 Å². The molecule has 1 aromatic carbocycles. The van der Waals surface area contributed by atoms with Gasteiger partial charge in [-0.25, -0.2) is 9.97 Å². The zero-order chi connectivity index (χ0) is 13.0. The summed E-state index contributed by atoms with van der Waals surface area (Å²) in [5.41, 5.74) is 0.903. The summed E-state index contributed by atoms with van der Waals surface area (Å²) >= 11 is 5.96. The molecule has 4 nitrogen and oxygen atoms in total. The fraction of sp³-hybridized carbons (Fsp3) is 0.231. The molecule has 0 fully saturated rings. The maximum atomic E-state index is 9.23. The number of anilines is 1. The predicted octanol–water partition coefficient (Wildman–Crippen LogP) is 2.59. The van der Waals surface area contributed by atoms with Crippen molar-refractivity contribution in [3.63, 3.8) is 0 Å². The van der Waals surface area contributed by atoms with Crippen molar-refractivity contribution < 1.29 is 5.11 Å². The van der Waals surface area contributed by atoms with Crippen molar-refractivity contribution in [2.75, 3.05) is 11.9 Å². The van der Waals surface area contributed by atoms with Crippen molar-refractivity contribution in [2.45, 2.75) is 13.0 Å². The van der Waals surface area contributed by atoms with Gasteiger partial charge in [-0.05, 0) is 6.92 Å². The highest BCUT2D eigenvalue weighted by atomic mass is 35.5. The second-order valence-electron chi connectivity index (χ2n) is 4.00. The molecule has 94 valence electrons. The summed E-state index contributed by atoms with van der Waals surface area (Å²) in [6, 6.07) is 11.2. The molecule has 1 unspecified atom stereocenters. The lowest BCUT2D eigenvalue weighted by Crippen LogP contribution is -2.16. The Labute approximate surface area is 111 Å². The van der Waals surface area contributed by atoms with Crippen molar-refractivity contribution in [1.29, 1.82) is 0 Å². The highest BCUT2D eigenvalue weighted by molar-refractivity contribution is 6.29. The van der Waals surface area contributed by atoms with E-state index in [4.69, 9.17) is 11.6 Å². The van der Waals surface area contributed by atoms with E-state index in [1.165, 1.54) is 0 Å². The maximum Gasteiger partial charge on any atom is 0.163 e. The first-order valence-electron chi connectivity index (χ1n) is 5.67. The highest BCUT2D eigenvalue weighted by Gasteiger charge is 2.06. The topological polar surface area (TPSA) is 58.0 Å². The summed E-state index contributed by atoms with van der Waals surface area (Å²) in [6.07, 6.45) is -0.445. The zero-order valence-electron chi connectivity index (χ0n) is 9.97. The van der Waals surface area contributed by atoms with Gasteiger partial charge in [-0.15, -0.1) is 0 Å². The molecule has 0 saturated heterocycles. The van der Waals surface area contributed by atoms with Crippen LogP contribution in [-0.2, 0) is 0 Å². The minimum atomic E-state index is -0.445. The molecule has 0 bridgehead atoms. The Morgan fingerprint density at radius 2 is 2.00 bits per heavy atom. The van der Waals surface area contributed by atoms with Gasteiger partial charge in [0.05, 0.1) is 6.10 Å². The molecule has 18 heavy (non-hydrogen) atoms. The largest absolute Gasteiger partial charge is 0.392 e. The molecule has 0 aliphatic heterocycles. The average molecular weight is 264 g/mol. The lowest BCUT2D eigenvalue weighted by Gasteiger charge is -2.09. The first-order valence-corrected chi connectivity index (χ1v) is 6.05. The number of aliphatic hydroxyl groups excluding tert-OH is 1. The molecule has 2 aromatic rings. The van der Waals surface area contributed by atoms with Crippen LogP contribution in [0.25, 0.3) is 11.4 Å². The van der Waals surface area contributed by atoms with E-state index < -0.39 is 6.10 Å². The Balaban J connectivity index is 2.27. The molecular formula is C13H14ClN3O. The number of hydrogen-bond donors (Lipinski definition) is 2. The number of halogens is 1. The zero-order valence-corrected chi connectivity index (χ0v) is 10.7. The van der Waals surface area contributed by atoms with Crippen LogP contribution in [0.15, 0.2) is 36.4 Å².